The molecule has 0 unspecified atom stereocenters. The lowest BCUT2D eigenvalue weighted by molar-refractivity contribution is -0.141. The first kappa shape index (κ1) is 26.3. The Labute approximate surface area is 227 Å². The number of aryl methyl sites for hydroxylation is 2. The minimum atomic E-state index is -0.747. The zero-order chi connectivity index (χ0) is 26.8. The van der Waals surface area contributed by atoms with Crippen LogP contribution in [-0.4, -0.2) is 62.2 Å². The van der Waals surface area contributed by atoms with Crippen LogP contribution in [0, 0.1) is 6.92 Å². The van der Waals surface area contributed by atoms with E-state index in [-0.39, 0.29) is 37.0 Å². The molecule has 8 heteroatoms. The minimum Gasteiger partial charge on any atom is -0.391 e. The molecule has 1 fully saturated rings. The fourth-order valence-electron chi connectivity index (χ4n) is 5.60. The molecule has 38 heavy (non-hydrogen) atoms. The van der Waals surface area contributed by atoms with Crippen molar-refractivity contribution in [3.8, 4) is 10.4 Å². The SMILES string of the molecule is CCC[C@@H](C(=O)N1C[C@H](O)C[C@H]1C(=O)CCc1ccc(-c2scnc2C)cc1)N1Cc2ccccc2C1=O. The molecule has 3 heterocycles. The monoisotopic (exact) mass is 531 g/mol. The van der Waals surface area contributed by atoms with Crippen molar-refractivity contribution >= 4 is 28.9 Å². The van der Waals surface area contributed by atoms with Crippen molar-refractivity contribution in [2.24, 2.45) is 0 Å². The molecule has 5 rings (SSSR count). The third-order valence-electron chi connectivity index (χ3n) is 7.63. The molecule has 2 aromatic carbocycles. The summed E-state index contributed by atoms with van der Waals surface area (Å²) in [6.07, 6.45) is 1.57. The maximum absolute atomic E-state index is 13.8. The lowest BCUT2D eigenvalue weighted by atomic mass is 9.99. The third-order valence-corrected chi connectivity index (χ3v) is 8.61. The number of thiazole rings is 1. The van der Waals surface area contributed by atoms with E-state index in [9.17, 15) is 19.5 Å². The summed E-state index contributed by atoms with van der Waals surface area (Å²) in [5.41, 5.74) is 6.54. The van der Waals surface area contributed by atoms with Crippen LogP contribution in [0.3, 0.4) is 0 Å². The van der Waals surface area contributed by atoms with Crippen molar-refractivity contribution in [2.75, 3.05) is 6.54 Å². The summed E-state index contributed by atoms with van der Waals surface area (Å²) in [6.45, 7) is 4.48. The molecule has 1 saturated heterocycles. The number of amides is 2. The van der Waals surface area contributed by atoms with Gasteiger partial charge in [0.05, 0.1) is 28.2 Å². The van der Waals surface area contributed by atoms with Crippen molar-refractivity contribution in [1.29, 1.82) is 0 Å². The molecule has 1 aromatic heterocycles. The number of aliphatic hydroxyl groups excluding tert-OH is 1. The lowest BCUT2D eigenvalue weighted by Gasteiger charge is -2.33. The smallest absolute Gasteiger partial charge is 0.255 e. The zero-order valence-electron chi connectivity index (χ0n) is 21.8. The summed E-state index contributed by atoms with van der Waals surface area (Å²) in [7, 11) is 0. The maximum atomic E-state index is 13.8. The quantitative estimate of drug-likeness (QED) is 0.442. The van der Waals surface area contributed by atoms with E-state index in [4.69, 9.17) is 0 Å². The number of carbonyl (C=O) groups is 3. The van der Waals surface area contributed by atoms with E-state index in [2.05, 4.69) is 17.1 Å². The van der Waals surface area contributed by atoms with Gasteiger partial charge >= 0.3 is 0 Å². The van der Waals surface area contributed by atoms with Crippen molar-refractivity contribution in [3.63, 3.8) is 0 Å². The molecule has 2 amide bonds. The second kappa shape index (κ2) is 11.2. The summed E-state index contributed by atoms with van der Waals surface area (Å²) in [4.78, 5) is 48.9. The molecule has 0 bridgehead atoms. The molecule has 0 spiro atoms. The summed E-state index contributed by atoms with van der Waals surface area (Å²) in [5, 5.41) is 10.4. The first-order chi connectivity index (χ1) is 18.4. The van der Waals surface area contributed by atoms with Gasteiger partial charge in [-0.15, -0.1) is 11.3 Å². The topological polar surface area (TPSA) is 90.8 Å². The summed E-state index contributed by atoms with van der Waals surface area (Å²) >= 11 is 1.61. The molecular weight excluding hydrogens is 498 g/mol. The number of hydrogen-bond donors (Lipinski definition) is 1. The zero-order valence-corrected chi connectivity index (χ0v) is 22.6. The Balaban J connectivity index is 1.26. The normalized spacial score (nSPS) is 19.6. The van der Waals surface area contributed by atoms with Gasteiger partial charge in [-0.3, -0.25) is 14.4 Å². The number of ketones is 1. The molecule has 2 aliphatic rings. The number of nitrogens with zero attached hydrogens (tertiary/aromatic N) is 3. The van der Waals surface area contributed by atoms with Crippen LogP contribution >= 0.6 is 11.3 Å². The van der Waals surface area contributed by atoms with Crippen LogP contribution in [0.25, 0.3) is 10.4 Å². The molecule has 7 nitrogen and oxygen atoms in total. The number of Topliss-reactive ketones (excluding diaryl/α,β-unsaturated/α-hetero) is 1. The first-order valence-corrected chi connectivity index (χ1v) is 14.1. The number of fused-ring (bicyclic) bond motifs is 1. The Kier molecular flexibility index (Phi) is 7.72. The predicted molar refractivity (Wildman–Crippen MR) is 147 cm³/mol. The fraction of sp³-hybridized carbons (Fsp3) is 0.400. The number of aromatic nitrogens is 1. The summed E-state index contributed by atoms with van der Waals surface area (Å²) < 4.78 is 0. The molecular formula is C30H33N3O4S. The van der Waals surface area contributed by atoms with E-state index in [1.165, 1.54) is 4.90 Å². The number of carbonyl (C=O) groups excluding carboxylic acids is 3. The number of hydrogen-bond acceptors (Lipinski definition) is 6. The highest BCUT2D eigenvalue weighted by atomic mass is 32.1. The number of β-amino-alcohol motifs (C(OH)–C–C–N with tert-alkyl or cyclic N) is 1. The fourth-order valence-corrected chi connectivity index (χ4v) is 6.42. The Morgan fingerprint density at radius 2 is 1.92 bits per heavy atom. The van der Waals surface area contributed by atoms with Gasteiger partial charge in [-0.05, 0) is 42.5 Å². The van der Waals surface area contributed by atoms with Crippen molar-refractivity contribution in [1.82, 2.24) is 14.8 Å². The average molecular weight is 532 g/mol. The van der Waals surface area contributed by atoms with Crippen LogP contribution in [0.5, 0.6) is 0 Å². The number of rotatable bonds is 9. The van der Waals surface area contributed by atoms with Gasteiger partial charge in [-0.1, -0.05) is 55.8 Å². The Hall–Kier alpha value is -3.36. The molecule has 2 aliphatic heterocycles. The largest absolute Gasteiger partial charge is 0.391 e. The van der Waals surface area contributed by atoms with Gasteiger partial charge in [0.25, 0.3) is 5.91 Å². The Bertz CT molecular complexity index is 1340. The van der Waals surface area contributed by atoms with E-state index < -0.39 is 18.2 Å². The van der Waals surface area contributed by atoms with Crippen LogP contribution in [0.1, 0.15) is 59.8 Å². The summed E-state index contributed by atoms with van der Waals surface area (Å²) in [6, 6.07) is 14.3. The van der Waals surface area contributed by atoms with Crippen LogP contribution in [0.4, 0.5) is 0 Å². The van der Waals surface area contributed by atoms with E-state index in [1.807, 2.05) is 49.7 Å². The molecule has 198 valence electrons. The highest BCUT2D eigenvalue weighted by Crippen LogP contribution is 2.30. The van der Waals surface area contributed by atoms with E-state index in [0.717, 1.165) is 33.7 Å². The molecule has 0 saturated carbocycles. The van der Waals surface area contributed by atoms with Gasteiger partial charge in [-0.25, -0.2) is 4.98 Å². The second-order valence-corrected chi connectivity index (χ2v) is 11.1. The molecule has 1 N–H and O–H groups in total. The highest BCUT2D eigenvalue weighted by Gasteiger charge is 2.44. The summed E-state index contributed by atoms with van der Waals surface area (Å²) in [5.74, 6) is -0.442. The average Bonchev–Trinajstić information content (AvgIpc) is 3.63. The Morgan fingerprint density at radius 3 is 2.61 bits per heavy atom. The molecule has 0 aliphatic carbocycles. The van der Waals surface area contributed by atoms with Gasteiger partial charge in [0.1, 0.15) is 6.04 Å². The van der Waals surface area contributed by atoms with Crippen LogP contribution < -0.4 is 0 Å². The van der Waals surface area contributed by atoms with Gasteiger partial charge in [0.2, 0.25) is 5.91 Å². The van der Waals surface area contributed by atoms with Crippen molar-refractivity contribution in [3.05, 3.63) is 76.4 Å². The van der Waals surface area contributed by atoms with Gasteiger partial charge in [0, 0.05) is 31.5 Å². The van der Waals surface area contributed by atoms with E-state index >= 15 is 0 Å². The van der Waals surface area contributed by atoms with Gasteiger partial charge in [-0.2, -0.15) is 0 Å². The van der Waals surface area contributed by atoms with Crippen LogP contribution in [0.15, 0.2) is 54.0 Å². The number of aliphatic hydroxyl groups is 1. The third kappa shape index (κ3) is 5.15. The lowest BCUT2D eigenvalue weighted by Crippen LogP contribution is -2.52. The van der Waals surface area contributed by atoms with E-state index in [0.29, 0.717) is 24.9 Å². The first-order valence-electron chi connectivity index (χ1n) is 13.3. The molecule has 3 aromatic rings. The van der Waals surface area contributed by atoms with Gasteiger partial charge in [0.15, 0.2) is 5.78 Å². The van der Waals surface area contributed by atoms with Crippen molar-refractivity contribution in [2.45, 2.75) is 70.7 Å². The van der Waals surface area contributed by atoms with E-state index in [1.54, 1.807) is 22.3 Å². The number of benzene rings is 2. The van der Waals surface area contributed by atoms with Crippen molar-refractivity contribution < 1.29 is 19.5 Å². The predicted octanol–water partition coefficient (Wildman–Crippen LogP) is 4.41. The van der Waals surface area contributed by atoms with Crippen LogP contribution in [0.2, 0.25) is 0 Å². The van der Waals surface area contributed by atoms with Gasteiger partial charge < -0.3 is 14.9 Å². The second-order valence-electron chi connectivity index (χ2n) is 10.2. The minimum absolute atomic E-state index is 0.0523. The number of likely N-dealkylation sites (tertiary alicyclic amines) is 1. The standard InChI is InChI=1S/C30H33N3O4S/c1-3-6-25(32-16-22-7-4-5-8-24(22)29(32)36)30(37)33-17-23(34)15-26(33)27(35)14-11-20-9-12-21(13-10-20)28-19(2)31-18-38-28/h4-5,7-10,12-13,18,23,25-26,34H,3,6,11,14-17H2,1-2H3/t23-,25+,26+/m1/s1. The molecule has 0 radical (unpaired) electrons. The Morgan fingerprint density at radius 1 is 1.16 bits per heavy atom. The molecule has 3 atom stereocenters. The highest BCUT2D eigenvalue weighted by molar-refractivity contribution is 7.13. The maximum Gasteiger partial charge on any atom is 0.255 e. The van der Waals surface area contributed by atoms with Crippen LogP contribution in [-0.2, 0) is 22.6 Å².